The number of carbonyl (C=O) groups excluding carboxylic acids is 2. The van der Waals surface area contributed by atoms with Gasteiger partial charge < -0.3 is 15.5 Å². The Balaban J connectivity index is 1.31. The molecule has 39 heavy (non-hydrogen) atoms. The summed E-state index contributed by atoms with van der Waals surface area (Å²) in [6.45, 7) is 3.79. The highest BCUT2D eigenvalue weighted by molar-refractivity contribution is 7.88. The van der Waals surface area contributed by atoms with Crippen LogP contribution < -0.4 is 10.6 Å². The highest BCUT2D eigenvalue weighted by atomic mass is 32.2. The Bertz CT molecular complexity index is 1270. The molecule has 1 aliphatic carbocycles. The molecule has 0 unspecified atom stereocenters. The van der Waals surface area contributed by atoms with E-state index in [2.05, 4.69) is 17.6 Å². The van der Waals surface area contributed by atoms with Crippen LogP contribution in [0.3, 0.4) is 0 Å². The molecule has 1 saturated carbocycles. The third-order valence-corrected chi connectivity index (χ3v) is 8.99. The summed E-state index contributed by atoms with van der Waals surface area (Å²) in [5, 5.41) is 6.39. The molecule has 11 heteroatoms. The van der Waals surface area contributed by atoms with Crippen LogP contribution in [0.4, 0.5) is 8.78 Å². The van der Waals surface area contributed by atoms with Gasteiger partial charge in [0.1, 0.15) is 17.7 Å². The SMILES string of the molecule is C[C@@]1(NCCCC[C@H](NC(=O)c2ccc(F)cc2)C(=O)N2CCN(S(C)(=O)=O)CC2)C[C@H]1c1ccc(F)cc1. The highest BCUT2D eigenvalue weighted by Crippen LogP contribution is 2.51. The van der Waals surface area contributed by atoms with E-state index in [1.165, 1.54) is 40.7 Å². The molecular weight excluding hydrogens is 526 g/mol. The van der Waals surface area contributed by atoms with Gasteiger partial charge >= 0.3 is 0 Å². The van der Waals surface area contributed by atoms with Crippen LogP contribution in [0, 0.1) is 11.6 Å². The molecule has 1 saturated heterocycles. The van der Waals surface area contributed by atoms with Gasteiger partial charge in [-0.3, -0.25) is 9.59 Å². The topological polar surface area (TPSA) is 98.8 Å². The molecule has 2 fully saturated rings. The first-order valence-corrected chi connectivity index (χ1v) is 15.1. The second kappa shape index (κ2) is 12.1. The zero-order chi connectivity index (χ0) is 28.2. The van der Waals surface area contributed by atoms with Crippen molar-refractivity contribution in [2.75, 3.05) is 39.0 Å². The van der Waals surface area contributed by atoms with E-state index in [-0.39, 0.29) is 49.0 Å². The summed E-state index contributed by atoms with van der Waals surface area (Å²) in [5.41, 5.74) is 1.31. The Morgan fingerprint density at radius 2 is 1.56 bits per heavy atom. The molecule has 0 bridgehead atoms. The van der Waals surface area contributed by atoms with Gasteiger partial charge in [-0.2, -0.15) is 4.31 Å². The minimum absolute atomic E-state index is 0.0524. The minimum Gasteiger partial charge on any atom is -0.340 e. The highest BCUT2D eigenvalue weighted by Gasteiger charge is 2.50. The predicted molar refractivity (Wildman–Crippen MR) is 145 cm³/mol. The zero-order valence-electron chi connectivity index (χ0n) is 22.3. The van der Waals surface area contributed by atoms with E-state index in [1.807, 2.05) is 12.1 Å². The van der Waals surface area contributed by atoms with E-state index in [1.54, 1.807) is 4.90 Å². The van der Waals surface area contributed by atoms with E-state index in [0.717, 1.165) is 31.2 Å². The third kappa shape index (κ3) is 7.61. The molecule has 0 aromatic heterocycles. The molecular formula is C28H36F2N4O4S. The number of rotatable bonds is 11. The Labute approximate surface area is 228 Å². The number of carbonyl (C=O) groups is 2. The van der Waals surface area contributed by atoms with Crippen molar-refractivity contribution in [2.24, 2.45) is 0 Å². The lowest BCUT2D eigenvalue weighted by Gasteiger charge is -2.35. The van der Waals surface area contributed by atoms with Gasteiger partial charge in [-0.25, -0.2) is 17.2 Å². The fourth-order valence-electron chi connectivity index (χ4n) is 5.15. The monoisotopic (exact) mass is 562 g/mol. The predicted octanol–water partition coefficient (Wildman–Crippen LogP) is 2.87. The van der Waals surface area contributed by atoms with Crippen LogP contribution in [0.15, 0.2) is 48.5 Å². The number of unbranched alkanes of at least 4 members (excludes halogenated alkanes) is 1. The summed E-state index contributed by atoms with van der Waals surface area (Å²) in [4.78, 5) is 27.8. The molecule has 0 spiro atoms. The smallest absolute Gasteiger partial charge is 0.251 e. The van der Waals surface area contributed by atoms with Gasteiger partial charge in [0.25, 0.3) is 5.91 Å². The number of sulfonamides is 1. The number of amides is 2. The van der Waals surface area contributed by atoms with Crippen molar-refractivity contribution >= 4 is 21.8 Å². The second-order valence-corrected chi connectivity index (χ2v) is 12.7. The summed E-state index contributed by atoms with van der Waals surface area (Å²) in [7, 11) is -3.33. The minimum atomic E-state index is -3.33. The van der Waals surface area contributed by atoms with E-state index in [0.29, 0.717) is 18.8 Å². The summed E-state index contributed by atoms with van der Waals surface area (Å²) < 4.78 is 51.5. The molecule has 1 heterocycles. The van der Waals surface area contributed by atoms with Crippen LogP contribution in [0.5, 0.6) is 0 Å². The summed E-state index contributed by atoms with van der Waals surface area (Å²) >= 11 is 0. The summed E-state index contributed by atoms with van der Waals surface area (Å²) in [6.07, 6.45) is 3.98. The lowest BCUT2D eigenvalue weighted by Crippen LogP contribution is -2.55. The largest absolute Gasteiger partial charge is 0.340 e. The molecule has 2 aromatic rings. The maximum atomic E-state index is 13.4. The van der Waals surface area contributed by atoms with E-state index in [4.69, 9.17) is 0 Å². The van der Waals surface area contributed by atoms with Gasteiger partial charge in [-0.15, -0.1) is 0 Å². The maximum absolute atomic E-state index is 13.4. The van der Waals surface area contributed by atoms with Crippen LogP contribution in [-0.4, -0.2) is 80.0 Å². The van der Waals surface area contributed by atoms with E-state index in [9.17, 15) is 26.8 Å². The molecule has 1 aliphatic heterocycles. The van der Waals surface area contributed by atoms with Crippen LogP contribution in [-0.2, 0) is 14.8 Å². The van der Waals surface area contributed by atoms with Crippen LogP contribution >= 0.6 is 0 Å². The maximum Gasteiger partial charge on any atom is 0.251 e. The fourth-order valence-corrected chi connectivity index (χ4v) is 5.98. The summed E-state index contributed by atoms with van der Waals surface area (Å²) in [5.74, 6) is -1.09. The van der Waals surface area contributed by atoms with E-state index >= 15 is 0 Å². The van der Waals surface area contributed by atoms with Crippen molar-refractivity contribution in [1.29, 1.82) is 0 Å². The van der Waals surface area contributed by atoms with Crippen molar-refractivity contribution in [3.8, 4) is 0 Å². The lowest BCUT2D eigenvalue weighted by molar-refractivity contribution is -0.134. The Hall–Kier alpha value is -2.89. The molecule has 0 radical (unpaired) electrons. The zero-order valence-corrected chi connectivity index (χ0v) is 23.1. The Kier molecular flexibility index (Phi) is 9.03. The van der Waals surface area contributed by atoms with Crippen molar-refractivity contribution in [3.05, 3.63) is 71.3 Å². The number of piperazine rings is 1. The lowest BCUT2D eigenvalue weighted by atomic mass is 10.1. The van der Waals surface area contributed by atoms with E-state index < -0.39 is 27.8 Å². The van der Waals surface area contributed by atoms with Crippen LogP contribution in [0.2, 0.25) is 0 Å². The number of hydrogen-bond acceptors (Lipinski definition) is 5. The van der Waals surface area contributed by atoms with Crippen molar-refractivity contribution < 1.29 is 26.8 Å². The average Bonchev–Trinajstić information content (AvgIpc) is 3.58. The number of nitrogens with one attached hydrogen (secondary N) is 2. The van der Waals surface area contributed by atoms with Gasteiger partial charge in [-0.1, -0.05) is 12.1 Å². The van der Waals surface area contributed by atoms with Gasteiger partial charge in [0, 0.05) is 43.2 Å². The van der Waals surface area contributed by atoms with Gasteiger partial charge in [0.15, 0.2) is 0 Å². The normalized spacial score (nSPS) is 22.4. The molecule has 2 aliphatic rings. The van der Waals surface area contributed by atoms with Crippen molar-refractivity contribution in [1.82, 2.24) is 19.8 Å². The van der Waals surface area contributed by atoms with Gasteiger partial charge in [-0.05, 0) is 81.1 Å². The van der Waals surface area contributed by atoms with Gasteiger partial charge in [0.2, 0.25) is 15.9 Å². The number of nitrogens with zero attached hydrogens (tertiary/aromatic N) is 2. The van der Waals surface area contributed by atoms with Gasteiger partial charge in [0.05, 0.1) is 6.26 Å². The number of benzene rings is 2. The Morgan fingerprint density at radius 1 is 0.974 bits per heavy atom. The number of hydrogen-bond donors (Lipinski definition) is 2. The molecule has 2 aromatic carbocycles. The molecule has 8 nitrogen and oxygen atoms in total. The quantitative estimate of drug-likeness (QED) is 0.411. The van der Waals surface area contributed by atoms with Crippen LogP contribution in [0.1, 0.15) is 54.4 Å². The van der Waals surface area contributed by atoms with Crippen molar-refractivity contribution in [3.63, 3.8) is 0 Å². The van der Waals surface area contributed by atoms with Crippen LogP contribution in [0.25, 0.3) is 0 Å². The second-order valence-electron chi connectivity index (χ2n) is 10.7. The molecule has 4 rings (SSSR count). The fraction of sp³-hybridized carbons (Fsp3) is 0.500. The standard InChI is InChI=1S/C28H36F2N4O4S/c1-28(19-24(28)20-6-10-22(29)11-7-20)31-14-4-3-5-25(32-26(35)21-8-12-23(30)13-9-21)27(36)33-15-17-34(18-16-33)39(2,37)38/h6-13,24-25,31H,3-5,14-19H2,1-2H3,(H,32,35)/t24-,25-,28+/m0/s1. The molecule has 2 amide bonds. The molecule has 3 atom stereocenters. The third-order valence-electron chi connectivity index (χ3n) is 7.69. The Morgan fingerprint density at radius 3 is 2.15 bits per heavy atom. The first-order chi connectivity index (χ1) is 18.5. The first kappa shape index (κ1) is 29.1. The molecule has 212 valence electrons. The molecule has 2 N–H and O–H groups in total. The first-order valence-electron chi connectivity index (χ1n) is 13.3. The summed E-state index contributed by atoms with van der Waals surface area (Å²) in [6, 6.07) is 10.9. The average molecular weight is 563 g/mol. The number of halogens is 2. The van der Waals surface area contributed by atoms with Crippen molar-refractivity contribution in [2.45, 2.75) is 50.1 Å².